The Morgan fingerprint density at radius 1 is 0.455 bits per heavy atom. The molecule has 0 aliphatic rings. The Bertz CT molecular complexity index is 163. The van der Waals surface area contributed by atoms with Crippen LogP contribution in [0.2, 0.25) is 0 Å². The van der Waals surface area contributed by atoms with Crippen molar-refractivity contribution in [2.45, 2.75) is 128 Å². The Morgan fingerprint density at radius 3 is 1.00 bits per heavy atom. The van der Waals surface area contributed by atoms with Crippen molar-refractivity contribution in [1.82, 2.24) is 0 Å². The molecule has 2 unspecified atom stereocenters. The van der Waals surface area contributed by atoms with Crippen molar-refractivity contribution in [1.29, 1.82) is 0 Å². The third kappa shape index (κ3) is 23.0. The molecule has 0 nitrogen and oxygen atoms in total. The van der Waals surface area contributed by atoms with E-state index >= 15 is 0 Å². The van der Waals surface area contributed by atoms with Gasteiger partial charge in [-0.2, -0.15) is 25.3 Å². The zero-order valence-electron chi connectivity index (χ0n) is 15.9. The van der Waals surface area contributed by atoms with Crippen LogP contribution in [0.5, 0.6) is 0 Å². The zero-order chi connectivity index (χ0) is 17.1. The van der Waals surface area contributed by atoms with Crippen molar-refractivity contribution < 1.29 is 0 Å². The molecule has 2 heteroatoms. The maximum Gasteiger partial charge on any atom is 0.00168 e. The molecular formula is C20H44S2. The highest BCUT2D eigenvalue weighted by atomic mass is 32.1. The lowest BCUT2D eigenvalue weighted by molar-refractivity contribution is 0.599. The van der Waals surface area contributed by atoms with E-state index in [0.717, 1.165) is 0 Å². The van der Waals surface area contributed by atoms with Crippen molar-refractivity contribution in [3.05, 3.63) is 0 Å². The van der Waals surface area contributed by atoms with E-state index in [0.29, 0.717) is 10.5 Å². The van der Waals surface area contributed by atoms with E-state index in [2.05, 4.69) is 53.0 Å². The summed E-state index contributed by atoms with van der Waals surface area (Å²) < 4.78 is 0. The van der Waals surface area contributed by atoms with Crippen LogP contribution < -0.4 is 0 Å². The lowest BCUT2D eigenvalue weighted by atomic mass is 10.1. The third-order valence-electron chi connectivity index (χ3n) is 4.06. The maximum atomic E-state index is 4.54. The average Bonchev–Trinajstić information content (AvgIpc) is 2.52. The highest BCUT2D eigenvalue weighted by Gasteiger charge is 2.01. The van der Waals surface area contributed by atoms with Gasteiger partial charge in [0.25, 0.3) is 0 Å². The first kappa shape index (κ1) is 24.9. The smallest absolute Gasteiger partial charge is 0.00168 e. The van der Waals surface area contributed by atoms with E-state index in [-0.39, 0.29) is 0 Å². The molecule has 0 saturated heterocycles. The fraction of sp³-hybridized carbons (Fsp3) is 1.00. The monoisotopic (exact) mass is 348 g/mol. The molecule has 0 aliphatic heterocycles. The van der Waals surface area contributed by atoms with E-state index in [4.69, 9.17) is 0 Å². The van der Waals surface area contributed by atoms with Gasteiger partial charge in [0, 0.05) is 10.5 Å². The number of thiol groups is 2. The van der Waals surface area contributed by atoms with Crippen LogP contribution in [0.3, 0.4) is 0 Å². The van der Waals surface area contributed by atoms with E-state index in [1.54, 1.807) is 0 Å². The molecule has 0 heterocycles. The van der Waals surface area contributed by atoms with Gasteiger partial charge < -0.3 is 0 Å². The van der Waals surface area contributed by atoms with Gasteiger partial charge in [0.15, 0.2) is 0 Å². The summed E-state index contributed by atoms with van der Waals surface area (Å²) in [6.07, 6.45) is 18.7. The van der Waals surface area contributed by atoms with Gasteiger partial charge >= 0.3 is 0 Å². The molecule has 0 bridgehead atoms. The fourth-order valence-electron chi connectivity index (χ4n) is 2.43. The van der Waals surface area contributed by atoms with Gasteiger partial charge in [-0.05, 0) is 25.7 Å². The predicted molar refractivity (Wildman–Crippen MR) is 113 cm³/mol. The maximum absolute atomic E-state index is 4.54. The average molecular weight is 349 g/mol. The Morgan fingerprint density at radius 2 is 0.727 bits per heavy atom. The van der Waals surface area contributed by atoms with E-state index in [9.17, 15) is 0 Å². The minimum absolute atomic E-state index is 0.668. The number of hydrogen-bond donors (Lipinski definition) is 2. The summed E-state index contributed by atoms with van der Waals surface area (Å²) in [5.41, 5.74) is 0. The molecular weight excluding hydrogens is 304 g/mol. The van der Waals surface area contributed by atoms with Crippen LogP contribution >= 0.6 is 25.3 Å². The first-order chi connectivity index (χ1) is 10.6. The van der Waals surface area contributed by atoms with Crippen LogP contribution in [-0.2, 0) is 0 Å². The quantitative estimate of drug-likeness (QED) is 0.230. The molecule has 0 aromatic rings. The highest BCUT2D eigenvalue weighted by Crippen LogP contribution is 2.15. The number of hydrogen-bond acceptors (Lipinski definition) is 2. The summed E-state index contributed by atoms with van der Waals surface area (Å²) in [7, 11) is 0. The zero-order valence-corrected chi connectivity index (χ0v) is 17.7. The molecule has 0 radical (unpaired) electrons. The normalized spacial score (nSPS) is 13.4. The van der Waals surface area contributed by atoms with Gasteiger partial charge in [-0.3, -0.25) is 0 Å². The van der Waals surface area contributed by atoms with Crippen LogP contribution in [0.25, 0.3) is 0 Å². The van der Waals surface area contributed by atoms with Gasteiger partial charge in [0.2, 0.25) is 0 Å². The summed E-state index contributed by atoms with van der Waals surface area (Å²) >= 11 is 9.07. The Labute approximate surface area is 153 Å². The second kappa shape index (κ2) is 21.7. The molecule has 136 valence electrons. The van der Waals surface area contributed by atoms with Crippen molar-refractivity contribution in [2.75, 3.05) is 0 Å². The molecule has 0 aliphatic carbocycles. The molecule has 22 heavy (non-hydrogen) atoms. The SMILES string of the molecule is CCCCCC(S)CCCC.CCCCCC(S)CCCC. The molecule has 2 atom stereocenters. The molecule has 0 rings (SSSR count). The Hall–Kier alpha value is 0.700. The molecule has 0 aromatic carbocycles. The molecule has 0 N–H and O–H groups in total. The lowest BCUT2D eigenvalue weighted by Gasteiger charge is -2.08. The minimum Gasteiger partial charge on any atom is -0.176 e. The Balaban J connectivity index is 0. The van der Waals surface area contributed by atoms with E-state index < -0.39 is 0 Å². The fourth-order valence-corrected chi connectivity index (χ4v) is 3.16. The largest absolute Gasteiger partial charge is 0.176 e. The molecule has 0 spiro atoms. The van der Waals surface area contributed by atoms with Gasteiger partial charge in [0.05, 0.1) is 0 Å². The van der Waals surface area contributed by atoms with Gasteiger partial charge in [-0.1, -0.05) is 91.9 Å². The number of rotatable bonds is 14. The van der Waals surface area contributed by atoms with Gasteiger partial charge in [0.1, 0.15) is 0 Å². The third-order valence-corrected chi connectivity index (χ3v) is 5.10. The van der Waals surface area contributed by atoms with Crippen LogP contribution in [0, 0.1) is 0 Å². The van der Waals surface area contributed by atoms with Crippen LogP contribution in [-0.4, -0.2) is 10.5 Å². The van der Waals surface area contributed by atoms with Gasteiger partial charge in [-0.25, -0.2) is 0 Å². The summed E-state index contributed by atoms with van der Waals surface area (Å²) in [6.45, 7) is 8.98. The number of unbranched alkanes of at least 4 members (excludes halogenated alkanes) is 6. The molecule has 0 saturated carbocycles. The first-order valence-corrected chi connectivity index (χ1v) is 11.0. The highest BCUT2D eigenvalue weighted by molar-refractivity contribution is 7.81. The van der Waals surface area contributed by atoms with Gasteiger partial charge in [-0.15, -0.1) is 0 Å². The van der Waals surface area contributed by atoms with E-state index in [1.807, 2.05) is 0 Å². The first-order valence-electron chi connectivity index (χ1n) is 9.98. The summed E-state index contributed by atoms with van der Waals surface area (Å²) in [6, 6.07) is 0. The Kier molecular flexibility index (Phi) is 24.6. The topological polar surface area (TPSA) is 0 Å². The lowest BCUT2D eigenvalue weighted by Crippen LogP contribution is -1.97. The molecule has 0 amide bonds. The van der Waals surface area contributed by atoms with E-state index in [1.165, 1.54) is 89.9 Å². The van der Waals surface area contributed by atoms with Crippen molar-refractivity contribution in [3.8, 4) is 0 Å². The molecule has 0 aromatic heterocycles. The van der Waals surface area contributed by atoms with Crippen molar-refractivity contribution in [2.24, 2.45) is 0 Å². The predicted octanol–water partition coefficient (Wildman–Crippen LogP) is 8.11. The second-order valence-corrected chi connectivity index (χ2v) is 8.04. The van der Waals surface area contributed by atoms with Crippen molar-refractivity contribution >= 4 is 25.3 Å². The van der Waals surface area contributed by atoms with Crippen molar-refractivity contribution in [3.63, 3.8) is 0 Å². The summed E-state index contributed by atoms with van der Waals surface area (Å²) in [5.74, 6) is 0. The summed E-state index contributed by atoms with van der Waals surface area (Å²) in [5, 5.41) is 1.34. The van der Waals surface area contributed by atoms with Crippen LogP contribution in [0.4, 0.5) is 0 Å². The molecule has 0 fully saturated rings. The minimum atomic E-state index is 0.668. The second-order valence-electron chi connectivity index (χ2n) is 6.58. The summed E-state index contributed by atoms with van der Waals surface area (Å²) in [4.78, 5) is 0. The van der Waals surface area contributed by atoms with Crippen LogP contribution in [0.15, 0.2) is 0 Å². The van der Waals surface area contributed by atoms with Crippen LogP contribution in [0.1, 0.15) is 118 Å². The standard InChI is InChI=1S/2C10H22S/c2*1-3-5-7-9-10(11)8-6-4-2/h2*10-11H,3-9H2,1-2H3.